The normalized spacial score (nSPS) is 19.7. The molecule has 0 aromatic heterocycles. The van der Waals surface area contributed by atoms with Gasteiger partial charge in [-0.25, -0.2) is 0 Å². The predicted octanol–water partition coefficient (Wildman–Crippen LogP) is -0.529. The summed E-state index contributed by atoms with van der Waals surface area (Å²) in [5.74, 6) is -6.47. The van der Waals surface area contributed by atoms with Crippen molar-refractivity contribution >= 4 is 29.8 Å². The minimum absolute atomic E-state index is 0. The summed E-state index contributed by atoms with van der Waals surface area (Å²) in [4.78, 5) is 58.8. The van der Waals surface area contributed by atoms with Gasteiger partial charge in [0.1, 0.15) is 6.04 Å². The predicted molar refractivity (Wildman–Crippen MR) is 95.5 cm³/mol. The zero-order valence-electron chi connectivity index (χ0n) is 16.1. The van der Waals surface area contributed by atoms with Crippen molar-refractivity contribution in [3.05, 3.63) is 0 Å². The zero-order valence-corrected chi connectivity index (χ0v) is 17.3. The van der Waals surface area contributed by atoms with E-state index >= 15 is 0 Å². The van der Waals surface area contributed by atoms with E-state index in [1.165, 1.54) is 4.90 Å². The Morgan fingerprint density at radius 2 is 1.20 bits per heavy atom. The van der Waals surface area contributed by atoms with E-state index in [0.29, 0.717) is 25.7 Å². The molecule has 0 heterocycles. The molecule has 5 N–H and O–H groups in total. The first kappa shape index (κ1) is 27.8. The van der Waals surface area contributed by atoms with Gasteiger partial charge in [-0.1, -0.05) is 12.8 Å². The molecule has 3 atom stereocenters. The van der Waals surface area contributed by atoms with Crippen molar-refractivity contribution in [1.29, 1.82) is 0 Å². The number of hydrogen-bond acceptors (Lipinski definition) is 7. The number of hydrogen-bond donors (Lipinski definition) is 5. The molecule has 0 saturated heterocycles. The molecule has 0 aromatic rings. The van der Waals surface area contributed by atoms with E-state index in [2.05, 4.69) is 0 Å². The topological polar surface area (TPSA) is 193 Å². The number of carboxylic acids is 5. The van der Waals surface area contributed by atoms with E-state index in [9.17, 15) is 34.2 Å². The summed E-state index contributed by atoms with van der Waals surface area (Å²) in [5, 5.41) is 46.0. The Morgan fingerprint density at radius 3 is 1.60 bits per heavy atom. The molecule has 1 radical (unpaired) electrons. The molecule has 12 nitrogen and oxygen atoms in total. The van der Waals surface area contributed by atoms with Crippen molar-refractivity contribution in [3.63, 3.8) is 0 Å². The van der Waals surface area contributed by atoms with Crippen molar-refractivity contribution in [1.82, 2.24) is 9.80 Å². The Kier molecular flexibility index (Phi) is 12.2. The second-order valence-corrected chi connectivity index (χ2v) is 6.96. The van der Waals surface area contributed by atoms with Gasteiger partial charge in [-0.15, -0.1) is 0 Å². The summed E-state index contributed by atoms with van der Waals surface area (Å²) in [6, 6.07) is -2.85. The maximum atomic E-state index is 11.8. The fourth-order valence-electron chi connectivity index (χ4n) is 3.85. The second-order valence-electron chi connectivity index (χ2n) is 6.96. The van der Waals surface area contributed by atoms with Gasteiger partial charge < -0.3 is 25.5 Å². The molecule has 13 heteroatoms. The third kappa shape index (κ3) is 9.07. The summed E-state index contributed by atoms with van der Waals surface area (Å²) < 4.78 is 0. The van der Waals surface area contributed by atoms with Crippen LogP contribution in [-0.4, -0.2) is 103 Å². The van der Waals surface area contributed by atoms with Gasteiger partial charge in [-0.05, 0) is 19.3 Å². The van der Waals surface area contributed by atoms with E-state index in [-0.39, 0.29) is 23.5 Å². The van der Waals surface area contributed by atoms with Crippen molar-refractivity contribution in [2.75, 3.05) is 19.6 Å². The average Bonchev–Trinajstić information content (AvgIpc) is 2.58. The number of carbonyl (C=O) groups is 5. The summed E-state index contributed by atoms with van der Waals surface area (Å²) in [6.07, 6.45) is 1.15. The molecule has 0 bridgehead atoms. The monoisotopic (exact) mass is 473 g/mol. The van der Waals surface area contributed by atoms with Gasteiger partial charge in [0.05, 0.1) is 19.6 Å². The first-order valence-corrected chi connectivity index (χ1v) is 9.12. The summed E-state index contributed by atoms with van der Waals surface area (Å²) in [6.45, 7) is -1.88. The third-order valence-electron chi connectivity index (χ3n) is 4.90. The van der Waals surface area contributed by atoms with Crippen LogP contribution in [0.1, 0.15) is 38.5 Å². The van der Waals surface area contributed by atoms with E-state index in [4.69, 9.17) is 15.3 Å². The first-order valence-electron chi connectivity index (χ1n) is 9.12. The Morgan fingerprint density at radius 1 is 0.733 bits per heavy atom. The third-order valence-corrected chi connectivity index (χ3v) is 4.90. The molecular weight excluding hydrogens is 447 g/mol. The fourth-order valence-corrected chi connectivity index (χ4v) is 3.85. The molecule has 0 aromatic carbocycles. The number of nitrogens with zero attached hydrogens (tertiary/aromatic N) is 2. The maximum absolute atomic E-state index is 11.8. The van der Waals surface area contributed by atoms with Gasteiger partial charge in [0, 0.05) is 18.5 Å². The van der Waals surface area contributed by atoms with Crippen LogP contribution in [0, 0.1) is 0 Å². The Hall–Kier alpha value is -2.21. The molecule has 1 rings (SSSR count). The Labute approximate surface area is 182 Å². The van der Waals surface area contributed by atoms with Gasteiger partial charge >= 0.3 is 46.9 Å². The average molecular weight is 473 g/mol. The van der Waals surface area contributed by atoms with Crippen LogP contribution < -0.4 is 0 Å². The number of carboxylic acid groups (broad SMARTS) is 5. The molecular formula is C17H26MnN2O10+2. The van der Waals surface area contributed by atoms with Gasteiger partial charge in [0.25, 0.3) is 0 Å². The molecule has 1 aliphatic carbocycles. The summed E-state index contributed by atoms with van der Waals surface area (Å²) in [5.41, 5.74) is 0. The minimum atomic E-state index is -1.41. The molecule has 1 saturated carbocycles. The maximum Gasteiger partial charge on any atom is 2.00 e. The van der Waals surface area contributed by atoms with Crippen molar-refractivity contribution in [3.8, 4) is 0 Å². The van der Waals surface area contributed by atoms with Crippen LogP contribution in [0.15, 0.2) is 0 Å². The van der Waals surface area contributed by atoms with Crippen LogP contribution in [-0.2, 0) is 41.0 Å². The van der Waals surface area contributed by atoms with Crippen molar-refractivity contribution in [2.24, 2.45) is 0 Å². The molecule has 0 spiro atoms. The van der Waals surface area contributed by atoms with E-state index in [1.807, 2.05) is 0 Å². The van der Waals surface area contributed by atoms with Crippen LogP contribution >= 0.6 is 0 Å². The quantitative estimate of drug-likeness (QED) is 0.215. The summed E-state index contributed by atoms with van der Waals surface area (Å²) in [7, 11) is 0. The van der Waals surface area contributed by atoms with Crippen LogP contribution in [0.2, 0.25) is 0 Å². The van der Waals surface area contributed by atoms with Gasteiger partial charge in [0.15, 0.2) is 0 Å². The van der Waals surface area contributed by atoms with Crippen LogP contribution in [0.3, 0.4) is 0 Å². The molecule has 0 amide bonds. The van der Waals surface area contributed by atoms with Crippen molar-refractivity contribution < 1.29 is 66.6 Å². The molecule has 30 heavy (non-hydrogen) atoms. The number of aliphatic carboxylic acids is 5. The Bertz CT molecular complexity index is 628. The van der Waals surface area contributed by atoms with Crippen LogP contribution in [0.25, 0.3) is 0 Å². The van der Waals surface area contributed by atoms with Gasteiger partial charge in [-0.3, -0.25) is 33.8 Å². The molecule has 0 unspecified atom stereocenters. The summed E-state index contributed by atoms with van der Waals surface area (Å²) >= 11 is 0. The Balaban J connectivity index is 0.00000841. The van der Waals surface area contributed by atoms with Crippen LogP contribution in [0.4, 0.5) is 0 Å². The minimum Gasteiger partial charge on any atom is -0.481 e. The molecule has 169 valence electrons. The largest absolute Gasteiger partial charge is 2.00 e. The van der Waals surface area contributed by atoms with Gasteiger partial charge in [-0.2, -0.15) is 0 Å². The smallest absolute Gasteiger partial charge is 0.481 e. The second kappa shape index (κ2) is 13.2. The first-order chi connectivity index (χ1) is 13.5. The molecule has 1 aliphatic rings. The van der Waals surface area contributed by atoms with Crippen molar-refractivity contribution in [2.45, 2.75) is 56.7 Å². The zero-order chi connectivity index (χ0) is 22.1. The molecule has 1 fully saturated rings. The van der Waals surface area contributed by atoms with E-state index in [1.54, 1.807) is 0 Å². The van der Waals surface area contributed by atoms with Crippen LogP contribution in [0.5, 0.6) is 0 Å². The number of rotatable bonds is 13. The van der Waals surface area contributed by atoms with Gasteiger partial charge in [0.2, 0.25) is 0 Å². The standard InChI is InChI=1S/C17H26N2O10.Mn/c20-13(21)6-5-12(17(28)29)19(9-16(26)27)11-4-2-1-3-10(11)18(7-14(22)23)8-15(24)25;/h10-12H,1-9H2,(H,20,21)(H,22,23)(H,24,25)(H,26,27)(H,28,29);/q;+2/t10-,11-,12+;/m0./s1. The SMILES string of the molecule is O=C(O)CC[C@H](C(=O)O)N(CC(=O)O)[C@H]1CCCC[C@@H]1N(CC(=O)O)CC(=O)O.[Mn+2]. The van der Waals surface area contributed by atoms with E-state index < -0.39 is 74.0 Å². The fraction of sp³-hybridized carbons (Fsp3) is 0.706. The van der Waals surface area contributed by atoms with E-state index in [0.717, 1.165) is 4.90 Å². The molecule has 0 aliphatic heterocycles.